The number of ether oxygens (including phenoxy) is 2. The number of anilines is 1. The number of hydrogen-bond donors (Lipinski definition) is 2. The predicted octanol–water partition coefficient (Wildman–Crippen LogP) is 2.72. The van der Waals surface area contributed by atoms with Crippen LogP contribution in [-0.4, -0.2) is 33.2 Å². The Kier molecular flexibility index (Phi) is 7.08. The fourth-order valence-electron chi connectivity index (χ4n) is 1.86. The van der Waals surface area contributed by atoms with Gasteiger partial charge >= 0.3 is 0 Å². The van der Waals surface area contributed by atoms with E-state index in [-0.39, 0.29) is 24.9 Å². The maximum Gasteiger partial charge on any atom is 0.238 e. The smallest absolute Gasteiger partial charge is 0.238 e. The molecule has 0 aliphatic heterocycles. The van der Waals surface area contributed by atoms with Crippen molar-refractivity contribution in [3.8, 4) is 11.5 Å². The van der Waals surface area contributed by atoms with E-state index in [4.69, 9.17) is 21.1 Å². The molecule has 2 N–H and O–H groups in total. The molecule has 0 heterocycles. The van der Waals surface area contributed by atoms with E-state index in [1.54, 1.807) is 12.1 Å². The molecule has 1 saturated carbocycles. The molecule has 1 aromatic carbocycles. The molecule has 0 unspecified atom stereocenters. The summed E-state index contributed by atoms with van der Waals surface area (Å²) in [5.41, 5.74) is 0.548. The second-order valence-corrected chi connectivity index (χ2v) is 5.22. The lowest BCUT2D eigenvalue weighted by Crippen LogP contribution is -2.29. The van der Waals surface area contributed by atoms with Crippen LogP contribution in [0.3, 0.4) is 0 Å². The number of rotatable bonds is 7. The number of methoxy groups -OCH3 is 2. The highest BCUT2D eigenvalue weighted by molar-refractivity contribution is 6.32. The first kappa shape index (κ1) is 17.9. The van der Waals surface area contributed by atoms with Crippen molar-refractivity contribution in [1.82, 2.24) is 5.32 Å². The highest BCUT2D eigenvalue weighted by Crippen LogP contribution is 2.35. The third-order valence-corrected chi connectivity index (χ3v) is 3.46. The van der Waals surface area contributed by atoms with E-state index in [2.05, 4.69) is 10.6 Å². The molecule has 21 heavy (non-hydrogen) atoms. The van der Waals surface area contributed by atoms with Crippen molar-refractivity contribution in [3.63, 3.8) is 0 Å². The van der Waals surface area contributed by atoms with Crippen LogP contribution < -0.4 is 20.1 Å². The summed E-state index contributed by atoms with van der Waals surface area (Å²) < 4.78 is 10.3. The average molecular weight is 335 g/mol. The molecule has 0 atom stereocenters. The predicted molar refractivity (Wildman–Crippen MR) is 86.0 cm³/mol. The van der Waals surface area contributed by atoms with E-state index < -0.39 is 0 Å². The van der Waals surface area contributed by atoms with E-state index in [0.29, 0.717) is 22.2 Å². The zero-order chi connectivity index (χ0) is 14.5. The van der Waals surface area contributed by atoms with Gasteiger partial charge in [-0.25, -0.2) is 0 Å². The van der Waals surface area contributed by atoms with Crippen LogP contribution in [0.15, 0.2) is 12.1 Å². The van der Waals surface area contributed by atoms with Gasteiger partial charge in [-0.2, -0.15) is 0 Å². The first-order valence-electron chi connectivity index (χ1n) is 6.56. The minimum absolute atomic E-state index is 0. The van der Waals surface area contributed by atoms with Gasteiger partial charge in [0.25, 0.3) is 0 Å². The van der Waals surface area contributed by atoms with Crippen LogP contribution in [0.5, 0.6) is 11.5 Å². The van der Waals surface area contributed by atoms with Crippen molar-refractivity contribution in [2.75, 3.05) is 32.6 Å². The Morgan fingerprint density at radius 3 is 2.52 bits per heavy atom. The van der Waals surface area contributed by atoms with Crippen LogP contribution >= 0.6 is 24.0 Å². The molecule has 5 nitrogen and oxygen atoms in total. The van der Waals surface area contributed by atoms with Gasteiger partial charge in [-0.3, -0.25) is 4.79 Å². The molecular weight excluding hydrogens is 315 g/mol. The van der Waals surface area contributed by atoms with Crippen molar-refractivity contribution in [2.45, 2.75) is 12.8 Å². The zero-order valence-corrected chi connectivity index (χ0v) is 13.6. The van der Waals surface area contributed by atoms with Crippen LogP contribution in [0.4, 0.5) is 5.69 Å². The summed E-state index contributed by atoms with van der Waals surface area (Å²) in [5, 5.41) is 6.37. The summed E-state index contributed by atoms with van der Waals surface area (Å²) in [7, 11) is 3.05. The van der Waals surface area contributed by atoms with E-state index >= 15 is 0 Å². The van der Waals surface area contributed by atoms with Gasteiger partial charge in [-0.05, 0) is 25.3 Å². The fraction of sp³-hybridized carbons (Fsp3) is 0.500. The quantitative estimate of drug-likeness (QED) is 0.804. The molecular formula is C14H20Cl2N2O3. The molecule has 118 valence electrons. The number of nitrogens with one attached hydrogen (secondary N) is 2. The summed E-state index contributed by atoms with van der Waals surface area (Å²) >= 11 is 6.01. The zero-order valence-electron chi connectivity index (χ0n) is 12.1. The van der Waals surface area contributed by atoms with Crippen molar-refractivity contribution in [1.29, 1.82) is 0 Å². The minimum Gasteiger partial charge on any atom is -0.495 e. The van der Waals surface area contributed by atoms with Crippen LogP contribution in [0, 0.1) is 5.92 Å². The molecule has 1 aliphatic carbocycles. The number of hydrogen-bond acceptors (Lipinski definition) is 4. The Balaban J connectivity index is 0.00000220. The Morgan fingerprint density at radius 2 is 1.95 bits per heavy atom. The Bertz CT molecular complexity index is 493. The van der Waals surface area contributed by atoms with Crippen LogP contribution in [0.2, 0.25) is 5.02 Å². The van der Waals surface area contributed by atoms with Gasteiger partial charge in [0.15, 0.2) is 0 Å². The molecule has 7 heteroatoms. The lowest BCUT2D eigenvalue weighted by atomic mass is 10.2. The standard InChI is InChI=1S/C14H19ClN2O3.ClH/c1-19-12-6-11(13(20-2)5-10(12)15)17-14(18)8-16-7-9-3-4-9;/h5-6,9,16H,3-4,7-8H2,1-2H3,(H,17,18);1H. The summed E-state index contributed by atoms with van der Waals surface area (Å²) in [4.78, 5) is 11.9. The first-order valence-corrected chi connectivity index (χ1v) is 6.94. The van der Waals surface area contributed by atoms with E-state index in [0.717, 1.165) is 12.5 Å². The molecule has 0 bridgehead atoms. The van der Waals surface area contributed by atoms with Crippen LogP contribution in [0.25, 0.3) is 0 Å². The van der Waals surface area contributed by atoms with Gasteiger partial charge in [0.2, 0.25) is 5.91 Å². The molecule has 1 fully saturated rings. The lowest BCUT2D eigenvalue weighted by molar-refractivity contribution is -0.115. The van der Waals surface area contributed by atoms with Crippen molar-refractivity contribution in [2.24, 2.45) is 5.92 Å². The molecule has 0 radical (unpaired) electrons. The number of halogens is 2. The summed E-state index contributed by atoms with van der Waals surface area (Å²) in [5.74, 6) is 1.63. The number of carbonyl (C=O) groups excluding carboxylic acids is 1. The normalized spacial score (nSPS) is 13.3. The summed E-state index contributed by atoms with van der Waals surface area (Å²) in [6.07, 6.45) is 2.52. The first-order chi connectivity index (χ1) is 9.63. The maximum atomic E-state index is 11.9. The average Bonchev–Trinajstić information content (AvgIpc) is 3.24. The van der Waals surface area contributed by atoms with Crippen molar-refractivity contribution >= 4 is 35.6 Å². The third-order valence-electron chi connectivity index (χ3n) is 3.16. The lowest BCUT2D eigenvalue weighted by Gasteiger charge is -2.13. The molecule has 0 saturated heterocycles. The molecule has 1 aliphatic rings. The van der Waals surface area contributed by atoms with E-state index in [9.17, 15) is 4.79 Å². The maximum absolute atomic E-state index is 11.9. The van der Waals surface area contributed by atoms with Gasteiger partial charge in [-0.1, -0.05) is 11.6 Å². The van der Waals surface area contributed by atoms with Crippen LogP contribution in [-0.2, 0) is 4.79 Å². The number of carbonyl (C=O) groups is 1. The van der Waals surface area contributed by atoms with Crippen molar-refractivity contribution < 1.29 is 14.3 Å². The minimum atomic E-state index is -0.117. The number of amides is 1. The molecule has 1 aromatic rings. The van der Waals surface area contributed by atoms with Gasteiger partial charge < -0.3 is 20.1 Å². The molecule has 1 amide bonds. The van der Waals surface area contributed by atoms with Gasteiger partial charge in [0.05, 0.1) is 31.5 Å². The van der Waals surface area contributed by atoms with Gasteiger partial charge in [-0.15, -0.1) is 12.4 Å². The fourth-order valence-corrected chi connectivity index (χ4v) is 2.10. The molecule has 0 aromatic heterocycles. The molecule has 0 spiro atoms. The SMILES string of the molecule is COc1cc(NC(=O)CNCC2CC2)c(OC)cc1Cl.Cl. The number of benzene rings is 1. The van der Waals surface area contributed by atoms with E-state index in [1.165, 1.54) is 27.1 Å². The Morgan fingerprint density at radius 1 is 1.29 bits per heavy atom. The second-order valence-electron chi connectivity index (χ2n) is 4.81. The second kappa shape index (κ2) is 8.32. The Labute approximate surface area is 135 Å². The van der Waals surface area contributed by atoms with E-state index in [1.807, 2.05) is 0 Å². The monoisotopic (exact) mass is 334 g/mol. The molecule has 2 rings (SSSR count). The summed E-state index contributed by atoms with van der Waals surface area (Å²) in [6.45, 7) is 1.18. The third kappa shape index (κ3) is 5.26. The van der Waals surface area contributed by atoms with Crippen LogP contribution in [0.1, 0.15) is 12.8 Å². The van der Waals surface area contributed by atoms with Crippen molar-refractivity contribution in [3.05, 3.63) is 17.2 Å². The largest absolute Gasteiger partial charge is 0.495 e. The summed E-state index contributed by atoms with van der Waals surface area (Å²) in [6, 6.07) is 3.27. The van der Waals surface area contributed by atoms with Gasteiger partial charge in [0.1, 0.15) is 11.5 Å². The Hall–Kier alpha value is -1.17. The van der Waals surface area contributed by atoms with Gasteiger partial charge in [0, 0.05) is 12.1 Å². The topological polar surface area (TPSA) is 59.6 Å². The highest BCUT2D eigenvalue weighted by Gasteiger charge is 2.20. The highest BCUT2D eigenvalue weighted by atomic mass is 35.5.